The number of benzene rings is 2. The van der Waals surface area contributed by atoms with Gasteiger partial charge in [-0.25, -0.2) is 4.39 Å². The molecule has 3 nitrogen and oxygen atoms in total. The van der Waals surface area contributed by atoms with Crippen molar-refractivity contribution in [2.45, 2.75) is 19.4 Å². The number of pyridine rings is 1. The monoisotopic (exact) mass is 412 g/mol. The molecule has 0 spiro atoms. The molecule has 1 atom stereocenters. The average molecular weight is 413 g/mol. The number of hydrogen-bond acceptors (Lipinski definition) is 2. The summed E-state index contributed by atoms with van der Waals surface area (Å²) in [4.78, 5) is 16.7. The first kappa shape index (κ1) is 18.3. The molecule has 0 fully saturated rings. The third-order valence-electron chi connectivity index (χ3n) is 4.15. The Labute approximate surface area is 160 Å². The molecule has 0 aliphatic heterocycles. The van der Waals surface area contributed by atoms with Gasteiger partial charge in [-0.05, 0) is 57.2 Å². The minimum atomic E-state index is -0.455. The van der Waals surface area contributed by atoms with Crippen LogP contribution in [0.3, 0.4) is 0 Å². The van der Waals surface area contributed by atoms with E-state index in [0.717, 1.165) is 16.5 Å². The fourth-order valence-corrected chi connectivity index (χ4v) is 3.11. The number of rotatable bonds is 5. The molecule has 2 aromatic carbocycles. The van der Waals surface area contributed by atoms with E-state index in [1.807, 2.05) is 24.3 Å². The van der Waals surface area contributed by atoms with E-state index < -0.39 is 6.04 Å². The van der Waals surface area contributed by atoms with Crippen molar-refractivity contribution in [3.63, 3.8) is 0 Å². The van der Waals surface area contributed by atoms with Gasteiger partial charge in [0.25, 0.3) is 5.91 Å². The van der Waals surface area contributed by atoms with E-state index in [1.165, 1.54) is 23.9 Å². The van der Waals surface area contributed by atoms with Gasteiger partial charge in [-0.1, -0.05) is 43.3 Å². The van der Waals surface area contributed by atoms with Gasteiger partial charge in [-0.15, -0.1) is 0 Å². The maximum absolute atomic E-state index is 13.7. The minimum Gasteiger partial charge on any atom is -0.341 e. The Morgan fingerprint density at radius 2 is 1.88 bits per heavy atom. The lowest BCUT2D eigenvalue weighted by Crippen LogP contribution is -2.29. The van der Waals surface area contributed by atoms with Gasteiger partial charge >= 0.3 is 0 Å². The second-order valence-corrected chi connectivity index (χ2v) is 6.86. The van der Waals surface area contributed by atoms with E-state index in [1.54, 1.807) is 24.4 Å². The highest BCUT2D eigenvalue weighted by Crippen LogP contribution is 2.24. The molecular weight excluding hydrogens is 395 g/mol. The quantitative estimate of drug-likeness (QED) is 0.635. The van der Waals surface area contributed by atoms with Crippen LogP contribution in [-0.2, 0) is 6.42 Å². The summed E-state index contributed by atoms with van der Waals surface area (Å²) < 4.78 is 14.5. The van der Waals surface area contributed by atoms with Gasteiger partial charge in [0, 0.05) is 16.9 Å². The van der Waals surface area contributed by atoms with E-state index in [4.69, 9.17) is 0 Å². The summed E-state index contributed by atoms with van der Waals surface area (Å²) in [5, 5.41) is 2.99. The predicted octanol–water partition coefficient (Wildman–Crippen LogP) is 5.07. The molecule has 0 aliphatic carbocycles. The highest BCUT2D eigenvalue weighted by atomic mass is 79.9. The summed E-state index contributed by atoms with van der Waals surface area (Å²) in [5.41, 5.74) is 3.22. The lowest BCUT2D eigenvalue weighted by atomic mass is 9.97. The number of aryl methyl sites for hydroxylation is 1. The Morgan fingerprint density at radius 1 is 1.12 bits per heavy atom. The van der Waals surface area contributed by atoms with Crippen LogP contribution in [0.2, 0.25) is 0 Å². The number of carbonyl (C=O) groups is 1. The summed E-state index contributed by atoms with van der Waals surface area (Å²) in [6, 6.07) is 15.5. The fourth-order valence-electron chi connectivity index (χ4n) is 2.74. The molecule has 1 heterocycles. The molecule has 0 bridgehead atoms. The van der Waals surface area contributed by atoms with Crippen LogP contribution in [0.4, 0.5) is 4.39 Å². The van der Waals surface area contributed by atoms with Crippen LogP contribution in [0.15, 0.2) is 71.5 Å². The largest absolute Gasteiger partial charge is 0.341 e. The second-order valence-electron chi connectivity index (χ2n) is 5.95. The highest BCUT2D eigenvalue weighted by Gasteiger charge is 2.19. The zero-order valence-electron chi connectivity index (χ0n) is 14.2. The number of halogens is 2. The van der Waals surface area contributed by atoms with E-state index in [9.17, 15) is 9.18 Å². The van der Waals surface area contributed by atoms with Gasteiger partial charge in [0.15, 0.2) is 0 Å². The van der Waals surface area contributed by atoms with Crippen LogP contribution in [0.25, 0.3) is 0 Å². The molecule has 132 valence electrons. The first-order chi connectivity index (χ1) is 12.6. The average Bonchev–Trinajstić information content (AvgIpc) is 2.66. The lowest BCUT2D eigenvalue weighted by Gasteiger charge is -2.20. The van der Waals surface area contributed by atoms with Crippen LogP contribution in [0, 0.1) is 5.82 Å². The predicted molar refractivity (Wildman–Crippen MR) is 103 cm³/mol. The van der Waals surface area contributed by atoms with E-state index in [0.29, 0.717) is 11.1 Å². The van der Waals surface area contributed by atoms with Gasteiger partial charge in [-0.3, -0.25) is 9.78 Å². The summed E-state index contributed by atoms with van der Waals surface area (Å²) in [6.45, 7) is 2.08. The van der Waals surface area contributed by atoms with Crippen LogP contribution in [0.5, 0.6) is 0 Å². The zero-order valence-corrected chi connectivity index (χ0v) is 15.8. The minimum absolute atomic E-state index is 0.271. The molecule has 3 rings (SSSR count). The molecular formula is C21H18BrFN2O. The third kappa shape index (κ3) is 4.35. The smallest absolute Gasteiger partial charge is 0.253 e. The Hall–Kier alpha value is -2.53. The van der Waals surface area contributed by atoms with Crippen molar-refractivity contribution in [1.29, 1.82) is 0 Å². The molecule has 3 aromatic rings. The standard InChI is InChI=1S/C21H18BrFN2O/c1-2-14-6-8-15(9-7-14)20(16-4-3-5-19(23)11-16)25-21(26)17-10-18(22)13-24-12-17/h3-13,20H,2H2,1H3,(H,25,26). The number of hydrogen-bond donors (Lipinski definition) is 1. The van der Waals surface area contributed by atoms with Crippen molar-refractivity contribution < 1.29 is 9.18 Å². The molecule has 0 aliphatic rings. The molecule has 1 amide bonds. The molecule has 0 radical (unpaired) electrons. The Bertz CT molecular complexity index is 912. The number of nitrogens with one attached hydrogen (secondary N) is 1. The van der Waals surface area contributed by atoms with Gasteiger partial charge in [0.1, 0.15) is 5.82 Å². The molecule has 0 saturated heterocycles. The summed E-state index contributed by atoms with van der Waals surface area (Å²) in [5.74, 6) is -0.608. The lowest BCUT2D eigenvalue weighted by molar-refractivity contribution is 0.0942. The molecule has 26 heavy (non-hydrogen) atoms. The van der Waals surface area contributed by atoms with Crippen molar-refractivity contribution in [3.05, 3.63) is 99.5 Å². The normalized spacial score (nSPS) is 11.8. The zero-order chi connectivity index (χ0) is 18.5. The second kappa shape index (κ2) is 8.23. The Kier molecular flexibility index (Phi) is 5.78. The highest BCUT2D eigenvalue weighted by molar-refractivity contribution is 9.10. The summed E-state index contributed by atoms with van der Waals surface area (Å²) >= 11 is 3.32. The number of amides is 1. The van der Waals surface area contributed by atoms with Crippen molar-refractivity contribution in [1.82, 2.24) is 10.3 Å². The molecule has 1 unspecified atom stereocenters. The number of carbonyl (C=O) groups excluding carboxylic acids is 1. The third-order valence-corrected chi connectivity index (χ3v) is 4.58. The first-order valence-electron chi connectivity index (χ1n) is 8.32. The molecule has 1 N–H and O–H groups in total. The number of aromatic nitrogens is 1. The van der Waals surface area contributed by atoms with Crippen LogP contribution < -0.4 is 5.32 Å². The first-order valence-corrected chi connectivity index (χ1v) is 9.12. The van der Waals surface area contributed by atoms with Gasteiger partial charge < -0.3 is 5.32 Å². The van der Waals surface area contributed by atoms with E-state index in [2.05, 4.69) is 33.2 Å². The van der Waals surface area contributed by atoms with Gasteiger partial charge in [-0.2, -0.15) is 0 Å². The SMILES string of the molecule is CCc1ccc(C(NC(=O)c2cncc(Br)c2)c2cccc(F)c2)cc1. The van der Waals surface area contributed by atoms with Crippen molar-refractivity contribution in [3.8, 4) is 0 Å². The van der Waals surface area contributed by atoms with E-state index >= 15 is 0 Å². The summed E-state index contributed by atoms with van der Waals surface area (Å²) in [7, 11) is 0. The topological polar surface area (TPSA) is 42.0 Å². The van der Waals surface area contributed by atoms with Gasteiger partial charge in [0.05, 0.1) is 11.6 Å². The maximum atomic E-state index is 13.7. The maximum Gasteiger partial charge on any atom is 0.253 e. The van der Waals surface area contributed by atoms with Crippen molar-refractivity contribution in [2.24, 2.45) is 0 Å². The van der Waals surface area contributed by atoms with E-state index in [-0.39, 0.29) is 11.7 Å². The molecule has 1 aromatic heterocycles. The summed E-state index contributed by atoms with van der Waals surface area (Å²) in [6.07, 6.45) is 4.05. The van der Waals surface area contributed by atoms with Crippen LogP contribution >= 0.6 is 15.9 Å². The van der Waals surface area contributed by atoms with Crippen LogP contribution in [-0.4, -0.2) is 10.9 Å². The van der Waals surface area contributed by atoms with Crippen molar-refractivity contribution in [2.75, 3.05) is 0 Å². The molecule has 5 heteroatoms. The fraction of sp³-hybridized carbons (Fsp3) is 0.143. The molecule has 0 saturated carbocycles. The van der Waals surface area contributed by atoms with Crippen molar-refractivity contribution >= 4 is 21.8 Å². The Balaban J connectivity index is 1.95. The Morgan fingerprint density at radius 3 is 2.54 bits per heavy atom. The van der Waals surface area contributed by atoms with Crippen LogP contribution in [0.1, 0.15) is 40.0 Å². The van der Waals surface area contributed by atoms with Gasteiger partial charge in [0.2, 0.25) is 0 Å². The number of nitrogens with zero attached hydrogens (tertiary/aromatic N) is 1.